The van der Waals surface area contributed by atoms with Gasteiger partial charge in [0.25, 0.3) is 0 Å². The van der Waals surface area contributed by atoms with Crippen molar-refractivity contribution in [1.82, 2.24) is 0 Å². The van der Waals surface area contributed by atoms with Gasteiger partial charge in [0, 0.05) is 21.3 Å². The van der Waals surface area contributed by atoms with Crippen LogP contribution in [0.15, 0.2) is 42.5 Å². The predicted octanol–water partition coefficient (Wildman–Crippen LogP) is 4.54. The normalized spacial score (nSPS) is 13.5. The van der Waals surface area contributed by atoms with Crippen molar-refractivity contribution in [2.45, 2.75) is 12.5 Å². The molecule has 0 saturated heterocycles. The molecule has 0 bridgehead atoms. The molecule has 2 aromatic carbocycles. The van der Waals surface area contributed by atoms with Crippen LogP contribution in [0.5, 0.6) is 0 Å². The number of hydrogen-bond acceptors (Lipinski definition) is 2. The number of anilines is 1. The van der Waals surface area contributed by atoms with Gasteiger partial charge in [0.1, 0.15) is 5.82 Å². The van der Waals surface area contributed by atoms with Crippen molar-refractivity contribution in [3.63, 3.8) is 0 Å². The topological polar surface area (TPSA) is 49.3 Å². The van der Waals surface area contributed by atoms with Crippen LogP contribution in [-0.4, -0.2) is 11.1 Å². The van der Waals surface area contributed by atoms with Crippen molar-refractivity contribution in [3.8, 4) is 0 Å². The molecule has 2 aromatic rings. The number of carboxylic acid groups (broad SMARTS) is 1. The fourth-order valence-electron chi connectivity index (χ4n) is 1.99. The van der Waals surface area contributed by atoms with Gasteiger partial charge in [0.2, 0.25) is 0 Å². The van der Waals surface area contributed by atoms with E-state index in [2.05, 4.69) is 5.32 Å². The zero-order valence-electron chi connectivity index (χ0n) is 11.0. The van der Waals surface area contributed by atoms with Gasteiger partial charge in [-0.15, -0.1) is 0 Å². The van der Waals surface area contributed by atoms with Crippen LogP contribution < -0.4 is 5.32 Å². The number of carbonyl (C=O) groups is 1. The maximum atomic E-state index is 13.2. The molecular weight excluding hydrogens is 316 g/mol. The van der Waals surface area contributed by atoms with E-state index < -0.39 is 17.3 Å². The van der Waals surface area contributed by atoms with Gasteiger partial charge in [0.05, 0.1) is 0 Å². The Hall–Kier alpha value is -1.78. The van der Waals surface area contributed by atoms with E-state index in [1.807, 2.05) is 0 Å². The number of aliphatic carboxylic acids is 1. The lowest BCUT2D eigenvalue weighted by Crippen LogP contribution is -2.40. The van der Waals surface area contributed by atoms with Gasteiger partial charge in [-0.05, 0) is 37.3 Å². The molecule has 1 unspecified atom stereocenters. The van der Waals surface area contributed by atoms with Gasteiger partial charge in [-0.2, -0.15) is 0 Å². The Labute approximate surface area is 131 Å². The van der Waals surface area contributed by atoms with Crippen LogP contribution in [0.4, 0.5) is 10.1 Å². The van der Waals surface area contributed by atoms with Crippen LogP contribution in [0.3, 0.4) is 0 Å². The molecule has 2 rings (SSSR count). The lowest BCUT2D eigenvalue weighted by molar-refractivity contribution is -0.142. The lowest BCUT2D eigenvalue weighted by atomic mass is 9.91. The molecule has 0 spiro atoms. The number of nitrogens with one attached hydrogen (secondary N) is 1. The van der Waals surface area contributed by atoms with Crippen molar-refractivity contribution < 1.29 is 14.3 Å². The minimum absolute atomic E-state index is 0.219. The van der Waals surface area contributed by atoms with Crippen LogP contribution in [0.25, 0.3) is 0 Å². The van der Waals surface area contributed by atoms with Crippen LogP contribution in [0.2, 0.25) is 10.0 Å². The fraction of sp³-hybridized carbons (Fsp3) is 0.133. The molecule has 0 saturated carbocycles. The number of hydrogen-bond donors (Lipinski definition) is 2. The molecule has 0 aliphatic carbocycles. The van der Waals surface area contributed by atoms with E-state index in [0.29, 0.717) is 16.3 Å². The van der Waals surface area contributed by atoms with Gasteiger partial charge in [0.15, 0.2) is 5.54 Å². The first kappa shape index (κ1) is 15.6. The molecule has 0 aromatic heterocycles. The first-order valence-corrected chi connectivity index (χ1v) is 6.81. The Morgan fingerprint density at radius 2 is 1.95 bits per heavy atom. The summed E-state index contributed by atoms with van der Waals surface area (Å²) in [5.74, 6) is -1.61. The summed E-state index contributed by atoms with van der Waals surface area (Å²) >= 11 is 11.9. The van der Waals surface area contributed by atoms with E-state index in [9.17, 15) is 14.3 Å². The Kier molecular flexibility index (Phi) is 4.40. The molecule has 1 atom stereocenters. The summed E-state index contributed by atoms with van der Waals surface area (Å²) in [7, 11) is 0. The molecule has 21 heavy (non-hydrogen) atoms. The van der Waals surface area contributed by atoms with E-state index in [1.165, 1.54) is 37.3 Å². The van der Waals surface area contributed by atoms with Crippen molar-refractivity contribution in [1.29, 1.82) is 0 Å². The predicted molar refractivity (Wildman–Crippen MR) is 81.5 cm³/mol. The molecule has 0 amide bonds. The van der Waals surface area contributed by atoms with E-state index in [0.717, 1.165) is 0 Å². The second kappa shape index (κ2) is 5.92. The van der Waals surface area contributed by atoms with Crippen LogP contribution in [0, 0.1) is 5.82 Å². The van der Waals surface area contributed by atoms with Crippen LogP contribution in [0.1, 0.15) is 12.5 Å². The summed E-state index contributed by atoms with van der Waals surface area (Å²) < 4.78 is 13.2. The Morgan fingerprint density at radius 1 is 1.24 bits per heavy atom. The average molecular weight is 328 g/mol. The van der Waals surface area contributed by atoms with Gasteiger partial charge in [-0.25, -0.2) is 9.18 Å². The molecule has 6 heteroatoms. The largest absolute Gasteiger partial charge is 0.479 e. The second-order valence-corrected chi connectivity index (χ2v) is 5.53. The van der Waals surface area contributed by atoms with Crippen molar-refractivity contribution in [3.05, 3.63) is 63.9 Å². The smallest absolute Gasteiger partial charge is 0.333 e. The Bertz CT molecular complexity index is 693. The summed E-state index contributed by atoms with van der Waals surface area (Å²) in [4.78, 5) is 11.7. The standard InChI is InChI=1S/C15H12Cl2FNO2/c1-15(14(20)21,12-6-5-9(16)7-13(12)17)19-11-4-2-3-10(18)8-11/h2-8,19H,1H3,(H,20,21). The Morgan fingerprint density at radius 3 is 2.52 bits per heavy atom. The van der Waals surface area contributed by atoms with E-state index in [4.69, 9.17) is 23.2 Å². The fourth-order valence-corrected chi connectivity index (χ4v) is 2.58. The number of rotatable bonds is 4. The summed E-state index contributed by atoms with van der Waals surface area (Å²) in [5.41, 5.74) is -0.841. The molecule has 0 radical (unpaired) electrons. The van der Waals surface area contributed by atoms with Gasteiger partial charge in [-0.3, -0.25) is 0 Å². The summed E-state index contributed by atoms with van der Waals surface area (Å²) in [6.07, 6.45) is 0. The molecule has 2 N–H and O–H groups in total. The second-order valence-electron chi connectivity index (χ2n) is 4.69. The third-order valence-corrected chi connectivity index (χ3v) is 3.66. The SMILES string of the molecule is CC(Nc1cccc(F)c1)(C(=O)O)c1ccc(Cl)cc1Cl. The minimum Gasteiger partial charge on any atom is -0.479 e. The van der Waals surface area contributed by atoms with Gasteiger partial charge >= 0.3 is 5.97 Å². The van der Waals surface area contributed by atoms with E-state index in [-0.39, 0.29) is 5.02 Å². The first-order valence-electron chi connectivity index (χ1n) is 6.05. The maximum Gasteiger partial charge on any atom is 0.333 e. The highest BCUT2D eigenvalue weighted by Crippen LogP contribution is 2.33. The molecule has 0 aliphatic heterocycles. The highest BCUT2D eigenvalue weighted by Gasteiger charge is 2.37. The van der Waals surface area contributed by atoms with Crippen molar-refractivity contribution in [2.75, 3.05) is 5.32 Å². The monoisotopic (exact) mass is 327 g/mol. The molecule has 0 heterocycles. The number of carboxylic acids is 1. The van der Waals surface area contributed by atoms with E-state index in [1.54, 1.807) is 12.1 Å². The average Bonchev–Trinajstić information content (AvgIpc) is 2.38. The molecule has 3 nitrogen and oxygen atoms in total. The number of halogens is 3. The highest BCUT2D eigenvalue weighted by atomic mass is 35.5. The third-order valence-electron chi connectivity index (χ3n) is 3.12. The van der Waals surface area contributed by atoms with Crippen LogP contribution >= 0.6 is 23.2 Å². The summed E-state index contributed by atoms with van der Waals surface area (Å²) in [6, 6.07) is 10.1. The number of benzene rings is 2. The van der Waals surface area contributed by atoms with Crippen molar-refractivity contribution in [2.24, 2.45) is 0 Å². The summed E-state index contributed by atoms with van der Waals surface area (Å²) in [5, 5.41) is 13.0. The maximum absolute atomic E-state index is 13.2. The molecule has 0 fully saturated rings. The summed E-state index contributed by atoms with van der Waals surface area (Å²) in [6.45, 7) is 1.45. The van der Waals surface area contributed by atoms with Gasteiger partial charge in [-0.1, -0.05) is 35.3 Å². The quantitative estimate of drug-likeness (QED) is 0.866. The van der Waals surface area contributed by atoms with Crippen molar-refractivity contribution >= 4 is 34.9 Å². The third kappa shape index (κ3) is 3.28. The minimum atomic E-state index is -1.52. The van der Waals surface area contributed by atoms with E-state index >= 15 is 0 Å². The first-order chi connectivity index (χ1) is 9.83. The molecule has 0 aliphatic rings. The van der Waals surface area contributed by atoms with Crippen LogP contribution in [-0.2, 0) is 10.3 Å². The Balaban J connectivity index is 2.48. The highest BCUT2D eigenvalue weighted by molar-refractivity contribution is 6.35. The lowest BCUT2D eigenvalue weighted by Gasteiger charge is -2.29. The zero-order valence-corrected chi connectivity index (χ0v) is 12.5. The zero-order chi connectivity index (χ0) is 15.6. The molecular formula is C15H12Cl2FNO2. The molecule has 110 valence electrons. The van der Waals surface area contributed by atoms with Gasteiger partial charge < -0.3 is 10.4 Å².